The van der Waals surface area contributed by atoms with Crippen LogP contribution in [0.3, 0.4) is 0 Å². The Balaban J connectivity index is 1.42. The maximum absolute atomic E-state index is 13.1. The summed E-state index contributed by atoms with van der Waals surface area (Å²) in [6, 6.07) is 17.6. The average molecular weight is 417 g/mol. The number of rotatable bonds is 5. The maximum Gasteiger partial charge on any atom is 0.258 e. The molecule has 0 spiro atoms. The molecule has 2 aliphatic rings. The summed E-state index contributed by atoms with van der Waals surface area (Å²) < 4.78 is 0. The number of hydrogen-bond donors (Lipinski definition) is 1. The first-order chi connectivity index (χ1) is 15.0. The second-order valence-electron chi connectivity index (χ2n) is 8.43. The van der Waals surface area contributed by atoms with E-state index in [1.54, 1.807) is 24.1 Å². The number of benzene rings is 2. The van der Waals surface area contributed by atoms with Gasteiger partial charge in [-0.15, -0.1) is 0 Å². The van der Waals surface area contributed by atoms with E-state index in [-0.39, 0.29) is 18.4 Å². The summed E-state index contributed by atoms with van der Waals surface area (Å²) in [6.45, 7) is 0.763. The second kappa shape index (κ2) is 8.81. The summed E-state index contributed by atoms with van der Waals surface area (Å²) >= 11 is 0. The fraction of sp³-hybridized carbons (Fsp3) is 0.400. The van der Waals surface area contributed by atoms with Gasteiger partial charge in [-0.1, -0.05) is 43.5 Å². The molecule has 0 aromatic heterocycles. The van der Waals surface area contributed by atoms with Crippen LogP contribution in [0.5, 0.6) is 0 Å². The maximum atomic E-state index is 13.1. The Morgan fingerprint density at radius 2 is 1.90 bits per heavy atom. The first-order valence-corrected chi connectivity index (χ1v) is 11.0. The first-order valence-electron chi connectivity index (χ1n) is 11.0. The predicted molar refractivity (Wildman–Crippen MR) is 121 cm³/mol. The molecule has 0 bridgehead atoms. The zero-order valence-electron chi connectivity index (χ0n) is 17.9. The normalized spacial score (nSPS) is 16.8. The van der Waals surface area contributed by atoms with E-state index in [1.807, 2.05) is 35.2 Å². The molecule has 1 aliphatic carbocycles. The van der Waals surface area contributed by atoms with E-state index < -0.39 is 5.54 Å². The van der Waals surface area contributed by atoms with Gasteiger partial charge in [0.05, 0.1) is 12.6 Å². The van der Waals surface area contributed by atoms with Crippen molar-refractivity contribution in [1.82, 2.24) is 4.90 Å². The van der Waals surface area contributed by atoms with Crippen molar-refractivity contribution >= 4 is 23.2 Å². The Labute approximate surface area is 183 Å². The van der Waals surface area contributed by atoms with Crippen molar-refractivity contribution in [3.05, 3.63) is 59.7 Å². The molecule has 0 radical (unpaired) electrons. The third-order valence-corrected chi connectivity index (χ3v) is 6.59. The van der Waals surface area contributed by atoms with Gasteiger partial charge in [0.1, 0.15) is 5.54 Å². The van der Waals surface area contributed by atoms with Crippen molar-refractivity contribution < 1.29 is 9.59 Å². The molecule has 0 unspecified atom stereocenters. The summed E-state index contributed by atoms with van der Waals surface area (Å²) in [6.07, 6.45) is 5.39. The van der Waals surface area contributed by atoms with Crippen LogP contribution < -0.4 is 10.2 Å². The molecule has 160 valence electrons. The topological polar surface area (TPSA) is 76.4 Å². The number of nitriles is 1. The number of likely N-dealkylation sites (N-methyl/N-ethyl adjacent to an activating group) is 1. The van der Waals surface area contributed by atoms with Crippen LogP contribution in [0.15, 0.2) is 48.5 Å². The minimum atomic E-state index is -0.696. The Hall–Kier alpha value is -3.33. The minimum Gasteiger partial charge on any atom is -0.376 e. The van der Waals surface area contributed by atoms with E-state index in [0.29, 0.717) is 12.1 Å². The van der Waals surface area contributed by atoms with E-state index >= 15 is 0 Å². The largest absolute Gasteiger partial charge is 0.376 e. The van der Waals surface area contributed by atoms with Crippen LogP contribution in [0.2, 0.25) is 0 Å². The quantitative estimate of drug-likeness (QED) is 0.800. The SMILES string of the molecule is CN(C(=O)CNc1cccc(C(=O)N2CCc3ccccc32)c1)C1(C#N)CCCCC1. The third-order valence-electron chi connectivity index (χ3n) is 6.59. The van der Waals surface area contributed by atoms with Crippen molar-refractivity contribution in [2.24, 2.45) is 0 Å². The molecule has 2 aromatic rings. The number of carbonyl (C=O) groups excluding carboxylic acids is 2. The molecule has 0 saturated heterocycles. The van der Waals surface area contributed by atoms with Crippen molar-refractivity contribution in [2.75, 3.05) is 30.4 Å². The Bertz CT molecular complexity index is 1020. The first kappa shape index (κ1) is 20.9. The molecule has 31 heavy (non-hydrogen) atoms. The monoisotopic (exact) mass is 416 g/mol. The summed E-state index contributed by atoms with van der Waals surface area (Å²) in [5.74, 6) is -0.156. The number of amides is 2. The molecule has 6 nitrogen and oxygen atoms in total. The van der Waals surface area contributed by atoms with Crippen molar-refractivity contribution in [2.45, 2.75) is 44.1 Å². The molecule has 6 heteroatoms. The van der Waals surface area contributed by atoms with Gasteiger partial charge in [0, 0.05) is 30.5 Å². The van der Waals surface area contributed by atoms with Crippen LogP contribution in [0.1, 0.15) is 48.0 Å². The molecule has 2 aromatic carbocycles. The van der Waals surface area contributed by atoms with Crippen molar-refractivity contribution in [3.63, 3.8) is 0 Å². The smallest absolute Gasteiger partial charge is 0.258 e. The molecule has 1 heterocycles. The molecule has 4 rings (SSSR count). The Morgan fingerprint density at radius 1 is 1.13 bits per heavy atom. The zero-order valence-corrected chi connectivity index (χ0v) is 17.9. The van der Waals surface area contributed by atoms with Gasteiger partial charge in [-0.3, -0.25) is 9.59 Å². The Kier molecular flexibility index (Phi) is 5.94. The molecular formula is C25H28N4O2. The lowest BCUT2D eigenvalue weighted by molar-refractivity contribution is -0.132. The van der Waals surface area contributed by atoms with Crippen molar-refractivity contribution in [3.8, 4) is 6.07 Å². The highest BCUT2D eigenvalue weighted by molar-refractivity contribution is 6.07. The summed E-state index contributed by atoms with van der Waals surface area (Å²) in [5.41, 5.74) is 2.76. The lowest BCUT2D eigenvalue weighted by atomic mass is 9.81. The van der Waals surface area contributed by atoms with Gasteiger partial charge in [0.2, 0.25) is 5.91 Å². The van der Waals surface area contributed by atoms with Gasteiger partial charge in [-0.05, 0) is 49.1 Å². The second-order valence-corrected chi connectivity index (χ2v) is 8.43. The summed E-state index contributed by atoms with van der Waals surface area (Å²) in [5, 5.41) is 12.9. The highest BCUT2D eigenvalue weighted by Gasteiger charge is 2.38. The van der Waals surface area contributed by atoms with E-state index in [1.165, 1.54) is 5.56 Å². The van der Waals surface area contributed by atoms with Crippen LogP contribution in [0.25, 0.3) is 0 Å². The van der Waals surface area contributed by atoms with E-state index in [0.717, 1.165) is 49.9 Å². The zero-order chi connectivity index (χ0) is 21.8. The number of hydrogen-bond acceptors (Lipinski definition) is 4. The lowest BCUT2D eigenvalue weighted by Gasteiger charge is -2.39. The van der Waals surface area contributed by atoms with Crippen LogP contribution in [-0.2, 0) is 11.2 Å². The number of fused-ring (bicyclic) bond motifs is 1. The van der Waals surface area contributed by atoms with Gasteiger partial charge in [0.15, 0.2) is 0 Å². The fourth-order valence-corrected chi connectivity index (χ4v) is 4.66. The molecule has 0 atom stereocenters. The molecular weight excluding hydrogens is 388 g/mol. The van der Waals surface area contributed by atoms with Crippen molar-refractivity contribution in [1.29, 1.82) is 5.26 Å². The molecule has 1 aliphatic heterocycles. The van der Waals surface area contributed by atoms with E-state index in [9.17, 15) is 14.9 Å². The van der Waals surface area contributed by atoms with Gasteiger partial charge in [-0.2, -0.15) is 5.26 Å². The molecule has 1 saturated carbocycles. The van der Waals surface area contributed by atoms with Crippen LogP contribution in [0.4, 0.5) is 11.4 Å². The van der Waals surface area contributed by atoms with Crippen LogP contribution in [0, 0.1) is 11.3 Å². The third kappa shape index (κ3) is 4.13. The lowest BCUT2D eigenvalue weighted by Crippen LogP contribution is -2.51. The number of nitrogens with zero attached hydrogens (tertiary/aromatic N) is 3. The predicted octanol–water partition coefficient (Wildman–Crippen LogP) is 3.99. The highest BCUT2D eigenvalue weighted by Crippen LogP contribution is 2.32. The van der Waals surface area contributed by atoms with Crippen LogP contribution >= 0.6 is 0 Å². The molecule has 1 fully saturated rings. The average Bonchev–Trinajstić information content (AvgIpc) is 3.26. The van der Waals surface area contributed by atoms with Crippen LogP contribution in [-0.4, -0.2) is 42.4 Å². The van der Waals surface area contributed by atoms with Gasteiger partial charge in [-0.25, -0.2) is 0 Å². The highest BCUT2D eigenvalue weighted by atomic mass is 16.2. The van der Waals surface area contributed by atoms with Gasteiger partial charge >= 0.3 is 0 Å². The minimum absolute atomic E-state index is 0.0392. The van der Waals surface area contributed by atoms with Gasteiger partial charge in [0.25, 0.3) is 5.91 Å². The number of para-hydroxylation sites is 1. The summed E-state index contributed by atoms with van der Waals surface area (Å²) in [7, 11) is 1.73. The Morgan fingerprint density at radius 3 is 2.68 bits per heavy atom. The standard InChI is InChI=1S/C25H28N4O2/c1-28(25(18-26)13-5-2-6-14-25)23(30)17-27-21-10-7-9-20(16-21)24(31)29-15-12-19-8-3-4-11-22(19)29/h3-4,7-11,16,27H,2,5-6,12-15,17H2,1H3. The molecule has 2 amide bonds. The fourth-order valence-electron chi connectivity index (χ4n) is 4.66. The number of nitrogens with one attached hydrogen (secondary N) is 1. The van der Waals surface area contributed by atoms with E-state index in [4.69, 9.17) is 0 Å². The number of carbonyl (C=O) groups is 2. The number of anilines is 2. The summed E-state index contributed by atoms with van der Waals surface area (Å²) in [4.78, 5) is 29.3. The van der Waals surface area contributed by atoms with Gasteiger partial charge < -0.3 is 15.1 Å². The molecule has 1 N–H and O–H groups in total. The van der Waals surface area contributed by atoms with E-state index in [2.05, 4.69) is 17.5 Å².